The average Bonchev–Trinajstić information content (AvgIpc) is 2.59. The molecule has 2 saturated heterocycles. The van der Waals surface area contributed by atoms with Crippen molar-refractivity contribution in [2.45, 2.75) is 44.0 Å². The molecule has 4 rings (SSSR count). The number of nitrogens with zero attached hydrogens (tertiary/aromatic N) is 2. The molecule has 128 valence electrons. The van der Waals surface area contributed by atoms with Crippen LogP contribution in [0.15, 0.2) is 30.3 Å². The Balaban J connectivity index is 1.52. The van der Waals surface area contributed by atoms with Crippen LogP contribution in [-0.4, -0.2) is 52.7 Å². The summed E-state index contributed by atoms with van der Waals surface area (Å²) >= 11 is 0. The predicted molar refractivity (Wildman–Crippen MR) is 93.2 cm³/mol. The number of aromatic nitrogens is 1. The quantitative estimate of drug-likeness (QED) is 0.838. The van der Waals surface area contributed by atoms with E-state index in [1.165, 1.54) is 10.9 Å². The Labute approximate surface area is 141 Å². The maximum atomic E-state index is 9.98. The lowest BCUT2D eigenvalue weighted by Crippen LogP contribution is -2.54. The summed E-state index contributed by atoms with van der Waals surface area (Å²) in [5.41, 5.74) is 1.98. The molecule has 0 unspecified atom stereocenters. The molecule has 1 aromatic carbocycles. The van der Waals surface area contributed by atoms with Crippen molar-refractivity contribution in [1.82, 2.24) is 4.98 Å². The zero-order valence-corrected chi connectivity index (χ0v) is 14.0. The van der Waals surface area contributed by atoms with Gasteiger partial charge < -0.3 is 19.8 Å². The zero-order valence-electron chi connectivity index (χ0n) is 14.0. The number of fused-ring (bicyclic) bond motifs is 1. The van der Waals surface area contributed by atoms with E-state index < -0.39 is 12.2 Å². The second-order valence-corrected chi connectivity index (χ2v) is 7.13. The molecule has 2 aliphatic heterocycles. The van der Waals surface area contributed by atoms with E-state index in [0.29, 0.717) is 6.42 Å². The number of para-hydroxylation sites is 1. The van der Waals surface area contributed by atoms with E-state index in [1.807, 2.05) is 12.1 Å². The van der Waals surface area contributed by atoms with Crippen molar-refractivity contribution in [1.29, 1.82) is 0 Å². The number of rotatable bonds is 1. The van der Waals surface area contributed by atoms with Crippen LogP contribution in [0.1, 0.15) is 24.8 Å². The Morgan fingerprint density at radius 3 is 2.67 bits per heavy atom. The molecule has 5 heteroatoms. The molecule has 0 amide bonds. The monoisotopic (exact) mass is 328 g/mol. The summed E-state index contributed by atoms with van der Waals surface area (Å²) in [5.74, 6) is 1.01. The first-order valence-electron chi connectivity index (χ1n) is 8.68. The fraction of sp³-hybridized carbons (Fsp3) is 0.526. The Morgan fingerprint density at radius 1 is 1.17 bits per heavy atom. The zero-order chi connectivity index (χ0) is 16.7. The molecule has 0 saturated carbocycles. The highest BCUT2D eigenvalue weighted by molar-refractivity contribution is 5.83. The first-order valence-corrected chi connectivity index (χ1v) is 8.68. The van der Waals surface area contributed by atoms with Crippen LogP contribution in [0, 0.1) is 6.92 Å². The summed E-state index contributed by atoms with van der Waals surface area (Å²) in [5, 5.41) is 20.8. The van der Waals surface area contributed by atoms with Gasteiger partial charge >= 0.3 is 0 Å². The van der Waals surface area contributed by atoms with Gasteiger partial charge in [-0.25, -0.2) is 4.98 Å². The molecule has 2 fully saturated rings. The molecule has 1 aromatic heterocycles. The van der Waals surface area contributed by atoms with Crippen molar-refractivity contribution in [3.8, 4) is 0 Å². The molecular formula is C19H24N2O3. The van der Waals surface area contributed by atoms with Gasteiger partial charge in [-0.05, 0) is 37.5 Å². The lowest BCUT2D eigenvalue weighted by molar-refractivity contribution is -0.178. The minimum atomic E-state index is -0.751. The summed E-state index contributed by atoms with van der Waals surface area (Å²) in [6, 6.07) is 10.4. The van der Waals surface area contributed by atoms with E-state index in [2.05, 4.69) is 30.0 Å². The second kappa shape index (κ2) is 5.99. The number of ether oxygens (including phenoxy) is 1. The summed E-state index contributed by atoms with van der Waals surface area (Å²) in [6.07, 6.45) is 0.797. The lowest BCUT2D eigenvalue weighted by atomic mass is 9.82. The molecule has 0 radical (unpaired) electrons. The van der Waals surface area contributed by atoms with Crippen LogP contribution in [0.2, 0.25) is 0 Å². The number of hydrogen-bond donors (Lipinski definition) is 2. The van der Waals surface area contributed by atoms with Crippen molar-refractivity contribution < 1.29 is 14.9 Å². The first-order chi connectivity index (χ1) is 11.6. The van der Waals surface area contributed by atoms with E-state index in [9.17, 15) is 10.2 Å². The molecule has 2 N–H and O–H groups in total. The fourth-order valence-corrected chi connectivity index (χ4v) is 3.93. The Morgan fingerprint density at radius 2 is 1.92 bits per heavy atom. The number of aliphatic hydroxyl groups excluding tert-OH is 2. The van der Waals surface area contributed by atoms with Crippen LogP contribution in [0.3, 0.4) is 0 Å². The van der Waals surface area contributed by atoms with Gasteiger partial charge in [0.25, 0.3) is 0 Å². The summed E-state index contributed by atoms with van der Waals surface area (Å²) in [6.45, 7) is 4.07. The Bertz CT molecular complexity index is 740. The van der Waals surface area contributed by atoms with Crippen LogP contribution in [0.5, 0.6) is 0 Å². The third-order valence-corrected chi connectivity index (χ3v) is 5.49. The average molecular weight is 328 g/mol. The van der Waals surface area contributed by atoms with Crippen molar-refractivity contribution in [3.63, 3.8) is 0 Å². The van der Waals surface area contributed by atoms with Gasteiger partial charge in [0.05, 0.1) is 23.8 Å². The molecule has 24 heavy (non-hydrogen) atoms. The highest BCUT2D eigenvalue weighted by atomic mass is 16.5. The maximum absolute atomic E-state index is 9.98. The maximum Gasteiger partial charge on any atom is 0.129 e. The molecule has 2 atom stereocenters. The van der Waals surface area contributed by atoms with E-state index in [0.717, 1.165) is 37.3 Å². The van der Waals surface area contributed by atoms with E-state index >= 15 is 0 Å². The summed E-state index contributed by atoms with van der Waals surface area (Å²) in [4.78, 5) is 7.11. The number of pyridine rings is 1. The molecule has 5 nitrogen and oxygen atoms in total. The lowest BCUT2D eigenvalue weighted by Gasteiger charge is -2.46. The molecule has 1 spiro atoms. The number of hydrogen-bond acceptors (Lipinski definition) is 5. The smallest absolute Gasteiger partial charge is 0.129 e. The number of aliphatic hydroxyl groups is 2. The van der Waals surface area contributed by atoms with Crippen molar-refractivity contribution in [3.05, 3.63) is 35.9 Å². The van der Waals surface area contributed by atoms with Crippen LogP contribution < -0.4 is 4.90 Å². The standard InChI is InChI=1S/C19H24N2O3/c1-13-10-18(20-15-5-3-2-4-14(13)15)21-8-6-19(7-9-21)11-16(22)17(23)12-24-19/h2-5,10,16-17,22-23H,6-9,11-12H2,1H3/t16-,17+/m1/s1. The van der Waals surface area contributed by atoms with Gasteiger partial charge in [-0.1, -0.05) is 18.2 Å². The van der Waals surface area contributed by atoms with E-state index in [1.54, 1.807) is 0 Å². The van der Waals surface area contributed by atoms with Gasteiger partial charge in [0.1, 0.15) is 11.9 Å². The number of anilines is 1. The van der Waals surface area contributed by atoms with Gasteiger partial charge in [-0.3, -0.25) is 0 Å². The fourth-order valence-electron chi connectivity index (χ4n) is 3.93. The third kappa shape index (κ3) is 2.77. The number of benzene rings is 1. The Hall–Kier alpha value is -1.69. The number of aryl methyl sites for hydroxylation is 1. The topological polar surface area (TPSA) is 65.8 Å². The minimum absolute atomic E-state index is 0.231. The molecule has 0 bridgehead atoms. The van der Waals surface area contributed by atoms with Gasteiger partial charge in [0.2, 0.25) is 0 Å². The molecular weight excluding hydrogens is 304 g/mol. The SMILES string of the molecule is Cc1cc(N2CCC3(CC2)C[C@@H](O)[C@@H](O)CO3)nc2ccccc12. The first kappa shape index (κ1) is 15.8. The van der Waals surface area contributed by atoms with Crippen LogP contribution in [0.4, 0.5) is 5.82 Å². The summed E-state index contributed by atoms with van der Waals surface area (Å²) in [7, 11) is 0. The van der Waals surface area contributed by atoms with Crippen LogP contribution in [-0.2, 0) is 4.74 Å². The largest absolute Gasteiger partial charge is 0.390 e. The van der Waals surface area contributed by atoms with Crippen LogP contribution in [0.25, 0.3) is 10.9 Å². The molecule has 2 aromatic rings. The van der Waals surface area contributed by atoms with Crippen molar-refractivity contribution in [2.24, 2.45) is 0 Å². The predicted octanol–water partition coefficient (Wildman–Crippen LogP) is 2.02. The number of piperidine rings is 1. The van der Waals surface area contributed by atoms with Gasteiger partial charge in [-0.15, -0.1) is 0 Å². The highest BCUT2D eigenvalue weighted by Gasteiger charge is 2.43. The minimum Gasteiger partial charge on any atom is -0.390 e. The molecule has 2 aliphatic rings. The van der Waals surface area contributed by atoms with Gasteiger partial charge in [0, 0.05) is 24.9 Å². The summed E-state index contributed by atoms with van der Waals surface area (Å²) < 4.78 is 5.91. The van der Waals surface area contributed by atoms with Crippen molar-refractivity contribution in [2.75, 3.05) is 24.6 Å². The van der Waals surface area contributed by atoms with E-state index in [-0.39, 0.29) is 12.2 Å². The highest BCUT2D eigenvalue weighted by Crippen LogP contribution is 2.36. The molecule has 3 heterocycles. The third-order valence-electron chi connectivity index (χ3n) is 5.49. The van der Waals surface area contributed by atoms with E-state index in [4.69, 9.17) is 9.72 Å². The normalized spacial score (nSPS) is 26.9. The van der Waals surface area contributed by atoms with Crippen LogP contribution >= 0.6 is 0 Å². The molecule has 0 aliphatic carbocycles. The second-order valence-electron chi connectivity index (χ2n) is 7.13. The Kier molecular flexibility index (Phi) is 3.95. The van der Waals surface area contributed by atoms with Crippen molar-refractivity contribution >= 4 is 16.7 Å². The van der Waals surface area contributed by atoms with Gasteiger partial charge in [0.15, 0.2) is 0 Å². The van der Waals surface area contributed by atoms with Gasteiger partial charge in [-0.2, -0.15) is 0 Å².